The third-order valence-corrected chi connectivity index (χ3v) is 3.76. The van der Waals surface area contributed by atoms with Crippen LogP contribution < -0.4 is 11.1 Å². The number of hydrogen-bond acceptors (Lipinski definition) is 3. The highest BCUT2D eigenvalue weighted by Crippen LogP contribution is 2.19. The van der Waals surface area contributed by atoms with E-state index in [1.807, 2.05) is 49.4 Å². The number of aromatic amines is 1. The van der Waals surface area contributed by atoms with Crippen molar-refractivity contribution in [2.75, 3.05) is 5.73 Å². The maximum atomic E-state index is 11.9. The molecule has 1 aromatic heterocycles. The first-order valence-electron chi connectivity index (χ1n) is 7.37. The number of nitrogens with two attached hydrogens (primary N) is 1. The summed E-state index contributed by atoms with van der Waals surface area (Å²) in [6.45, 7) is 2.55. The lowest BCUT2D eigenvalue weighted by molar-refractivity contribution is -0.116. The van der Waals surface area contributed by atoms with Gasteiger partial charge >= 0.3 is 0 Å². The lowest BCUT2D eigenvalue weighted by atomic mass is 10.1. The highest BCUT2D eigenvalue weighted by molar-refractivity contribution is 5.94. The number of rotatable bonds is 4. The minimum atomic E-state index is -0.131. The zero-order chi connectivity index (χ0) is 16.2. The maximum absolute atomic E-state index is 11.9. The highest BCUT2D eigenvalue weighted by Gasteiger charge is 2.02. The van der Waals surface area contributed by atoms with E-state index in [1.54, 1.807) is 6.08 Å². The number of nitrogens with zero attached hydrogens (tertiary/aromatic N) is 1. The summed E-state index contributed by atoms with van der Waals surface area (Å²) in [5.41, 5.74) is 9.84. The van der Waals surface area contributed by atoms with Gasteiger partial charge in [0.1, 0.15) is 0 Å². The number of hydrogen-bond donors (Lipinski definition) is 3. The van der Waals surface area contributed by atoms with E-state index in [0.29, 0.717) is 12.4 Å². The smallest absolute Gasteiger partial charge is 0.244 e. The average Bonchev–Trinajstić information content (AvgIpc) is 2.93. The van der Waals surface area contributed by atoms with Crippen molar-refractivity contribution < 1.29 is 4.79 Å². The van der Waals surface area contributed by atoms with Crippen LogP contribution >= 0.6 is 0 Å². The second kappa shape index (κ2) is 6.36. The van der Waals surface area contributed by atoms with Gasteiger partial charge in [0.05, 0.1) is 5.52 Å². The van der Waals surface area contributed by atoms with E-state index < -0.39 is 0 Å². The zero-order valence-electron chi connectivity index (χ0n) is 12.8. The Hall–Kier alpha value is -3.08. The van der Waals surface area contributed by atoms with Gasteiger partial charge in [0, 0.05) is 18.0 Å². The van der Waals surface area contributed by atoms with Crippen LogP contribution in [0.4, 0.5) is 5.82 Å². The van der Waals surface area contributed by atoms with E-state index >= 15 is 0 Å². The van der Waals surface area contributed by atoms with Gasteiger partial charge in [0.25, 0.3) is 0 Å². The summed E-state index contributed by atoms with van der Waals surface area (Å²) < 4.78 is 0. The minimum Gasteiger partial charge on any atom is -0.382 e. The van der Waals surface area contributed by atoms with Crippen molar-refractivity contribution in [3.05, 3.63) is 65.2 Å². The molecule has 0 aliphatic carbocycles. The fourth-order valence-corrected chi connectivity index (χ4v) is 2.38. The van der Waals surface area contributed by atoms with Crippen molar-refractivity contribution in [2.24, 2.45) is 0 Å². The standard InChI is InChI=1S/C18H18N4O/c1-12-4-2-3-5-14(12)11-20-17(23)9-7-13-6-8-16-15(10-13)18(19)22-21-16/h2-10H,11H2,1H3,(H,20,23)(H3,19,21,22)/b9-7+. The van der Waals surface area contributed by atoms with Gasteiger partial charge in [-0.05, 0) is 41.8 Å². The lowest BCUT2D eigenvalue weighted by Crippen LogP contribution is -2.20. The molecular weight excluding hydrogens is 288 g/mol. The number of aryl methyl sites for hydroxylation is 1. The number of H-pyrrole nitrogens is 1. The molecule has 1 amide bonds. The van der Waals surface area contributed by atoms with Crippen LogP contribution in [-0.2, 0) is 11.3 Å². The van der Waals surface area contributed by atoms with E-state index in [-0.39, 0.29) is 5.91 Å². The lowest BCUT2D eigenvalue weighted by Gasteiger charge is -2.05. The van der Waals surface area contributed by atoms with E-state index in [4.69, 9.17) is 5.73 Å². The molecule has 3 rings (SSSR count). The number of amides is 1. The van der Waals surface area contributed by atoms with Crippen LogP contribution in [0.15, 0.2) is 48.5 Å². The van der Waals surface area contributed by atoms with Crippen LogP contribution in [0.1, 0.15) is 16.7 Å². The Morgan fingerprint density at radius 1 is 1.30 bits per heavy atom. The molecule has 4 N–H and O–H groups in total. The SMILES string of the molecule is Cc1ccccc1CNC(=O)/C=C/c1ccc2[nH]nc(N)c2c1. The molecule has 0 saturated carbocycles. The van der Waals surface area contributed by atoms with Gasteiger partial charge in [-0.2, -0.15) is 5.10 Å². The quantitative estimate of drug-likeness (QED) is 0.648. The van der Waals surface area contributed by atoms with Crippen LogP contribution in [0, 0.1) is 6.92 Å². The summed E-state index contributed by atoms with van der Waals surface area (Å²) in [6.07, 6.45) is 3.29. The maximum Gasteiger partial charge on any atom is 0.244 e. The summed E-state index contributed by atoms with van der Waals surface area (Å²) in [6, 6.07) is 13.7. The summed E-state index contributed by atoms with van der Waals surface area (Å²) in [4.78, 5) is 11.9. The predicted molar refractivity (Wildman–Crippen MR) is 92.6 cm³/mol. The molecule has 3 aromatic rings. The number of anilines is 1. The van der Waals surface area contributed by atoms with E-state index in [0.717, 1.165) is 27.6 Å². The fourth-order valence-electron chi connectivity index (χ4n) is 2.38. The molecule has 0 fully saturated rings. The van der Waals surface area contributed by atoms with Crippen LogP contribution in [0.5, 0.6) is 0 Å². The Morgan fingerprint density at radius 2 is 2.13 bits per heavy atom. The monoisotopic (exact) mass is 306 g/mol. The van der Waals surface area contributed by atoms with Crippen molar-refractivity contribution in [1.29, 1.82) is 0 Å². The molecule has 0 unspecified atom stereocenters. The molecule has 5 nitrogen and oxygen atoms in total. The molecule has 0 aliphatic rings. The first-order chi connectivity index (χ1) is 11.1. The molecule has 0 atom stereocenters. The Balaban J connectivity index is 1.65. The van der Waals surface area contributed by atoms with Gasteiger partial charge < -0.3 is 11.1 Å². The molecule has 5 heteroatoms. The molecule has 0 bridgehead atoms. The van der Waals surface area contributed by atoms with Crippen LogP contribution in [0.2, 0.25) is 0 Å². The predicted octanol–water partition coefficient (Wildman–Crippen LogP) is 2.78. The van der Waals surface area contributed by atoms with Gasteiger partial charge in [-0.3, -0.25) is 9.89 Å². The number of aromatic nitrogens is 2. The molecule has 0 radical (unpaired) electrons. The number of carbonyl (C=O) groups excluding carboxylic acids is 1. The van der Waals surface area contributed by atoms with Crippen LogP contribution in [0.3, 0.4) is 0 Å². The summed E-state index contributed by atoms with van der Waals surface area (Å²) >= 11 is 0. The Bertz CT molecular complexity index is 880. The largest absolute Gasteiger partial charge is 0.382 e. The van der Waals surface area contributed by atoms with E-state index in [2.05, 4.69) is 15.5 Å². The first kappa shape index (κ1) is 14.8. The third kappa shape index (κ3) is 3.40. The van der Waals surface area contributed by atoms with Gasteiger partial charge in [-0.1, -0.05) is 30.3 Å². The Labute approximate surface area is 134 Å². The molecule has 2 aromatic carbocycles. The van der Waals surface area contributed by atoms with E-state index in [9.17, 15) is 4.79 Å². The fraction of sp³-hybridized carbons (Fsp3) is 0.111. The molecule has 1 heterocycles. The summed E-state index contributed by atoms with van der Waals surface area (Å²) in [5, 5.41) is 10.5. The van der Waals surface area contributed by atoms with Crippen molar-refractivity contribution >= 4 is 28.7 Å². The zero-order valence-corrected chi connectivity index (χ0v) is 12.8. The molecule has 0 aliphatic heterocycles. The van der Waals surface area contributed by atoms with Crippen molar-refractivity contribution in [3.8, 4) is 0 Å². The molecule has 0 saturated heterocycles. The highest BCUT2D eigenvalue weighted by atomic mass is 16.1. The van der Waals surface area contributed by atoms with Gasteiger partial charge in [-0.15, -0.1) is 0 Å². The molecular formula is C18H18N4O. The topological polar surface area (TPSA) is 83.8 Å². The third-order valence-electron chi connectivity index (χ3n) is 3.76. The first-order valence-corrected chi connectivity index (χ1v) is 7.37. The van der Waals surface area contributed by atoms with Crippen molar-refractivity contribution in [2.45, 2.75) is 13.5 Å². The molecule has 0 spiro atoms. The normalized spacial score (nSPS) is 11.2. The second-order valence-electron chi connectivity index (χ2n) is 5.39. The van der Waals surface area contributed by atoms with Crippen molar-refractivity contribution in [3.63, 3.8) is 0 Å². The number of nitrogen functional groups attached to an aromatic ring is 1. The average molecular weight is 306 g/mol. The van der Waals surface area contributed by atoms with Gasteiger partial charge in [0.15, 0.2) is 5.82 Å². The molecule has 116 valence electrons. The number of benzene rings is 2. The van der Waals surface area contributed by atoms with Gasteiger partial charge in [0.2, 0.25) is 5.91 Å². The van der Waals surface area contributed by atoms with Crippen molar-refractivity contribution in [1.82, 2.24) is 15.5 Å². The summed E-state index contributed by atoms with van der Waals surface area (Å²) in [7, 11) is 0. The Morgan fingerprint density at radius 3 is 2.96 bits per heavy atom. The minimum absolute atomic E-state index is 0.131. The second-order valence-corrected chi connectivity index (χ2v) is 5.39. The van der Waals surface area contributed by atoms with Crippen LogP contribution in [-0.4, -0.2) is 16.1 Å². The van der Waals surface area contributed by atoms with Gasteiger partial charge in [-0.25, -0.2) is 0 Å². The van der Waals surface area contributed by atoms with Crippen LogP contribution in [0.25, 0.3) is 17.0 Å². The number of carbonyl (C=O) groups is 1. The summed E-state index contributed by atoms with van der Waals surface area (Å²) in [5.74, 6) is 0.327. The Kier molecular flexibility index (Phi) is 4.10. The number of nitrogens with one attached hydrogen (secondary N) is 2. The number of fused-ring (bicyclic) bond motifs is 1. The van der Waals surface area contributed by atoms with E-state index in [1.165, 1.54) is 6.08 Å². The molecule has 23 heavy (non-hydrogen) atoms.